The first-order valence-corrected chi connectivity index (χ1v) is 17.3. The van der Waals surface area contributed by atoms with Crippen LogP contribution >= 0.6 is 0 Å². The van der Waals surface area contributed by atoms with Crippen LogP contribution in [0.1, 0.15) is 148 Å². The maximum Gasteiger partial charge on any atom is -1.00 e. The van der Waals surface area contributed by atoms with E-state index in [9.17, 15) is 0 Å². The van der Waals surface area contributed by atoms with Crippen LogP contribution in [0.15, 0.2) is 48.5 Å². The van der Waals surface area contributed by atoms with E-state index in [4.69, 9.17) is 0 Å². The Morgan fingerprint density at radius 1 is 0.705 bits per heavy atom. The van der Waals surface area contributed by atoms with E-state index in [1.807, 2.05) is 0 Å². The molecule has 3 aliphatic carbocycles. The van der Waals surface area contributed by atoms with Gasteiger partial charge in [0.25, 0.3) is 0 Å². The molecule has 0 bridgehead atoms. The SMILES string of the molecule is CC(C)(C)c1cc[cH-]c1.CC1(C)[CH-]CC(C)(C)c2cc3c(cc21)Cc1cc2c(cc1-3)C(C)(C)CCC2(C)C.C[C](C)=[Zr+2].[Cl-].[Cl-]. The molecule has 0 nitrogen and oxygen atoms in total. The summed E-state index contributed by atoms with van der Waals surface area (Å²) in [6.45, 7) is 30.3. The first-order chi connectivity index (χ1) is 19.2. The molecule has 0 aliphatic heterocycles. The Balaban J connectivity index is 0.000000380. The van der Waals surface area contributed by atoms with E-state index < -0.39 is 0 Å². The Hall–Kier alpha value is -0.877. The van der Waals surface area contributed by atoms with Gasteiger partial charge in [-0.15, -0.1) is 5.41 Å². The number of rotatable bonds is 0. The molecule has 3 aromatic rings. The van der Waals surface area contributed by atoms with Gasteiger partial charge in [-0.25, -0.2) is 6.07 Å². The average Bonchev–Trinajstić information content (AvgIpc) is 3.52. The predicted octanol–water partition coefficient (Wildman–Crippen LogP) is 5.23. The van der Waals surface area contributed by atoms with Gasteiger partial charge in [-0.1, -0.05) is 111 Å². The fourth-order valence-corrected chi connectivity index (χ4v) is 7.00. The summed E-state index contributed by atoms with van der Waals surface area (Å²) in [6, 6.07) is 18.8. The van der Waals surface area contributed by atoms with E-state index in [0.29, 0.717) is 5.41 Å². The van der Waals surface area contributed by atoms with Crippen LogP contribution in [-0.4, -0.2) is 3.21 Å². The predicted molar refractivity (Wildman–Crippen MR) is 182 cm³/mol. The number of hydrogen-bond acceptors (Lipinski definition) is 0. The molecule has 240 valence electrons. The Kier molecular flexibility index (Phi) is 12.2. The number of fused-ring (bicyclic) bond motifs is 5. The van der Waals surface area contributed by atoms with Gasteiger partial charge in [-0.05, 0) is 74.5 Å². The molecule has 3 aliphatic rings. The summed E-state index contributed by atoms with van der Waals surface area (Å²) in [5.74, 6) is 0. The fourth-order valence-electron chi connectivity index (χ4n) is 7.00. The molecule has 3 heteroatoms. The molecule has 0 unspecified atom stereocenters. The summed E-state index contributed by atoms with van der Waals surface area (Å²) in [5.41, 5.74) is 15.1. The summed E-state index contributed by atoms with van der Waals surface area (Å²) in [6.07, 6.45) is 7.35. The molecule has 0 spiro atoms. The van der Waals surface area contributed by atoms with Gasteiger partial charge >= 0.3 is 41.3 Å². The minimum absolute atomic E-state index is 0. The first-order valence-electron chi connectivity index (χ1n) is 16.1. The van der Waals surface area contributed by atoms with Crippen LogP contribution in [0.2, 0.25) is 0 Å². The molecule has 0 amide bonds. The van der Waals surface area contributed by atoms with Gasteiger partial charge in [-0.2, -0.15) is 30.2 Å². The standard InChI is InChI=1S/C29H37.C9H13.C3H6.2ClH.Zr/c1-26(2)9-11-28(5,6)24-16-20-18(14-22(24)26)13-19-15-23-25(17-21(19)20)29(7,8)12-10-27(23,3)4;1-9(2,3)8-6-4-5-7-8;1-3-2;;;/h9,14-17H,10-13H2,1-8H3;4-7H,1-3H3;1-2H3;2*1H;/q2*-1;;;;+2/p-2. The van der Waals surface area contributed by atoms with Gasteiger partial charge < -0.3 is 31.2 Å². The average molecular weight is 711 g/mol. The molecule has 0 radical (unpaired) electrons. The van der Waals surface area contributed by atoms with Crippen LogP contribution in [0.3, 0.4) is 0 Å². The smallest absolute Gasteiger partial charge is 1.00 e. The fraction of sp³-hybridized carbons (Fsp3) is 0.537. The third-order valence-electron chi connectivity index (χ3n) is 10.1. The Morgan fingerprint density at radius 2 is 1.14 bits per heavy atom. The van der Waals surface area contributed by atoms with Crippen LogP contribution in [0.5, 0.6) is 0 Å². The zero-order chi connectivity index (χ0) is 31.5. The molecule has 0 saturated carbocycles. The summed E-state index contributed by atoms with van der Waals surface area (Å²) < 4.78 is 1.51. The largest absolute Gasteiger partial charge is 1.00 e. The van der Waals surface area contributed by atoms with Crippen molar-refractivity contribution in [3.8, 4) is 11.1 Å². The molecule has 0 N–H and O–H groups in total. The van der Waals surface area contributed by atoms with Crippen molar-refractivity contribution in [1.29, 1.82) is 0 Å². The minimum atomic E-state index is 0. The normalized spacial score (nSPS) is 19.1. The van der Waals surface area contributed by atoms with Crippen LogP contribution in [0.25, 0.3) is 11.1 Å². The molecular formula is C41H56Cl2Zr-2. The number of benzene rings is 2. The maximum absolute atomic E-state index is 2.58. The van der Waals surface area contributed by atoms with Gasteiger partial charge in [0.1, 0.15) is 0 Å². The van der Waals surface area contributed by atoms with Gasteiger partial charge in [0.05, 0.1) is 0 Å². The van der Waals surface area contributed by atoms with E-state index in [1.54, 1.807) is 52.1 Å². The molecule has 3 aromatic carbocycles. The van der Waals surface area contributed by atoms with Gasteiger partial charge in [-0.3, -0.25) is 0 Å². The third kappa shape index (κ3) is 8.15. The second kappa shape index (κ2) is 13.7. The summed E-state index contributed by atoms with van der Waals surface area (Å²) in [7, 11) is 0. The summed E-state index contributed by atoms with van der Waals surface area (Å²) in [5, 5.41) is 0. The van der Waals surface area contributed by atoms with Crippen molar-refractivity contribution in [3.63, 3.8) is 0 Å². The molecular weight excluding hydrogens is 655 g/mol. The first kappa shape index (κ1) is 39.3. The summed E-state index contributed by atoms with van der Waals surface area (Å²) in [4.78, 5) is 0. The van der Waals surface area contributed by atoms with E-state index in [2.05, 4.69) is 145 Å². The number of halogens is 2. The van der Waals surface area contributed by atoms with Crippen LogP contribution < -0.4 is 24.8 Å². The van der Waals surface area contributed by atoms with Crippen LogP contribution in [0, 0.1) is 6.42 Å². The van der Waals surface area contributed by atoms with Crippen molar-refractivity contribution in [2.45, 2.75) is 143 Å². The monoisotopic (exact) mass is 708 g/mol. The Bertz CT molecular complexity index is 1370. The Morgan fingerprint density at radius 3 is 1.55 bits per heavy atom. The Labute approximate surface area is 298 Å². The molecule has 6 rings (SSSR count). The zero-order valence-corrected chi connectivity index (χ0v) is 33.8. The van der Waals surface area contributed by atoms with Gasteiger partial charge in [0.15, 0.2) is 0 Å². The van der Waals surface area contributed by atoms with Crippen molar-refractivity contribution in [3.05, 3.63) is 93.9 Å². The molecule has 0 atom stereocenters. The van der Waals surface area contributed by atoms with Crippen molar-refractivity contribution in [2.75, 3.05) is 0 Å². The molecule has 0 aromatic heterocycles. The van der Waals surface area contributed by atoms with E-state index in [0.717, 1.165) is 12.8 Å². The zero-order valence-electron chi connectivity index (χ0n) is 29.8. The van der Waals surface area contributed by atoms with Gasteiger partial charge in [0.2, 0.25) is 0 Å². The van der Waals surface area contributed by atoms with E-state index >= 15 is 0 Å². The second-order valence-corrected chi connectivity index (χ2v) is 19.4. The minimum Gasteiger partial charge on any atom is -1.00 e. The van der Waals surface area contributed by atoms with Crippen molar-refractivity contribution in [1.82, 2.24) is 0 Å². The summed E-state index contributed by atoms with van der Waals surface area (Å²) >= 11 is 1.55. The molecule has 0 saturated heterocycles. The quantitative estimate of drug-likeness (QED) is 0.220. The van der Waals surface area contributed by atoms with E-state index in [1.165, 1.54) is 38.3 Å². The molecule has 0 heterocycles. The van der Waals surface area contributed by atoms with Crippen molar-refractivity contribution in [2.24, 2.45) is 0 Å². The second-order valence-electron chi connectivity index (χ2n) is 17.0. The molecule has 44 heavy (non-hydrogen) atoms. The number of hydrogen-bond donors (Lipinski definition) is 0. The van der Waals surface area contributed by atoms with Crippen LogP contribution in [-0.2, 0) is 57.7 Å². The van der Waals surface area contributed by atoms with Crippen molar-refractivity contribution < 1.29 is 49.0 Å². The van der Waals surface area contributed by atoms with Gasteiger partial charge in [0, 0.05) is 0 Å². The third-order valence-corrected chi connectivity index (χ3v) is 10.1. The molecule has 0 fully saturated rings. The van der Waals surface area contributed by atoms with Crippen molar-refractivity contribution >= 4 is 3.21 Å². The maximum atomic E-state index is 2.58. The van der Waals surface area contributed by atoms with Crippen LogP contribution in [0.4, 0.5) is 0 Å². The van der Waals surface area contributed by atoms with E-state index in [-0.39, 0.29) is 46.5 Å². The topological polar surface area (TPSA) is 0 Å².